The van der Waals surface area contributed by atoms with E-state index in [1.165, 1.54) is 0 Å². The number of nitrogens with one attached hydrogen (secondary N) is 1. The Morgan fingerprint density at radius 2 is 2.21 bits per heavy atom. The van der Waals surface area contributed by atoms with Crippen molar-refractivity contribution in [3.05, 3.63) is 28.8 Å². The van der Waals surface area contributed by atoms with Crippen LogP contribution in [0.5, 0.6) is 0 Å². The second-order valence-electron chi connectivity index (χ2n) is 3.58. The largest absolute Gasteiger partial charge is 0.385 e. The van der Waals surface area contributed by atoms with Crippen LogP contribution in [0.3, 0.4) is 0 Å². The summed E-state index contributed by atoms with van der Waals surface area (Å²) in [5.41, 5.74) is 1.46. The van der Waals surface area contributed by atoms with Crippen molar-refractivity contribution >= 4 is 17.3 Å². The van der Waals surface area contributed by atoms with Crippen molar-refractivity contribution in [1.82, 2.24) is 0 Å². The maximum Gasteiger partial charge on any atom is 0.101 e. The van der Waals surface area contributed by atoms with Gasteiger partial charge in [-0.2, -0.15) is 5.26 Å². The Kier molecular flexibility index (Phi) is 3.79. The first-order chi connectivity index (χ1) is 6.63. The molecule has 0 bridgehead atoms. The molecule has 1 aromatic rings. The standard InChI is InChI=1S/C11H13ClN2/c1-8(2)7-14-10-3-4-11(12)9(5-10)6-13/h3-5,8,14H,7H2,1-2H3. The Balaban J connectivity index is 2.76. The molecular formula is C11H13ClN2. The summed E-state index contributed by atoms with van der Waals surface area (Å²) in [6, 6.07) is 7.44. The first-order valence-corrected chi connectivity index (χ1v) is 4.95. The lowest BCUT2D eigenvalue weighted by molar-refractivity contribution is 0.689. The summed E-state index contributed by atoms with van der Waals surface area (Å²) >= 11 is 5.81. The molecule has 1 rings (SSSR count). The van der Waals surface area contributed by atoms with Crippen LogP contribution in [0.1, 0.15) is 19.4 Å². The Morgan fingerprint density at radius 3 is 2.79 bits per heavy atom. The van der Waals surface area contributed by atoms with Gasteiger partial charge in [-0.05, 0) is 24.1 Å². The van der Waals surface area contributed by atoms with Gasteiger partial charge in [-0.25, -0.2) is 0 Å². The molecule has 0 radical (unpaired) electrons. The van der Waals surface area contributed by atoms with Crippen LogP contribution in [0, 0.1) is 17.2 Å². The van der Waals surface area contributed by atoms with E-state index in [9.17, 15) is 0 Å². The molecule has 0 fully saturated rings. The molecule has 0 amide bonds. The number of halogens is 1. The molecule has 0 heterocycles. The fraction of sp³-hybridized carbons (Fsp3) is 0.364. The zero-order valence-electron chi connectivity index (χ0n) is 8.34. The van der Waals surface area contributed by atoms with E-state index in [2.05, 4.69) is 25.2 Å². The van der Waals surface area contributed by atoms with Crippen LogP contribution < -0.4 is 5.32 Å². The Labute approximate surface area is 89.5 Å². The molecule has 2 nitrogen and oxygen atoms in total. The van der Waals surface area contributed by atoms with Crippen LogP contribution in [0.15, 0.2) is 18.2 Å². The topological polar surface area (TPSA) is 35.8 Å². The summed E-state index contributed by atoms with van der Waals surface area (Å²) in [5, 5.41) is 12.5. The predicted molar refractivity (Wildman–Crippen MR) is 59.5 cm³/mol. The molecular weight excluding hydrogens is 196 g/mol. The number of rotatable bonds is 3. The van der Waals surface area contributed by atoms with Crippen LogP contribution in [0.4, 0.5) is 5.69 Å². The van der Waals surface area contributed by atoms with Gasteiger partial charge in [0.1, 0.15) is 6.07 Å². The smallest absolute Gasteiger partial charge is 0.101 e. The van der Waals surface area contributed by atoms with Crippen LogP contribution in [0.25, 0.3) is 0 Å². The monoisotopic (exact) mass is 208 g/mol. The minimum atomic E-state index is 0.502. The molecule has 0 atom stereocenters. The van der Waals surface area contributed by atoms with Gasteiger partial charge in [0.05, 0.1) is 10.6 Å². The molecule has 14 heavy (non-hydrogen) atoms. The quantitative estimate of drug-likeness (QED) is 0.828. The molecule has 1 aromatic carbocycles. The second-order valence-corrected chi connectivity index (χ2v) is 3.99. The fourth-order valence-corrected chi connectivity index (χ4v) is 1.20. The third kappa shape index (κ3) is 2.93. The molecule has 0 aliphatic rings. The van der Waals surface area contributed by atoms with Crippen molar-refractivity contribution in [2.75, 3.05) is 11.9 Å². The van der Waals surface area contributed by atoms with E-state index >= 15 is 0 Å². The Morgan fingerprint density at radius 1 is 1.50 bits per heavy atom. The normalized spacial score (nSPS) is 9.93. The number of anilines is 1. The fourth-order valence-electron chi connectivity index (χ4n) is 1.04. The number of hydrogen-bond acceptors (Lipinski definition) is 2. The van der Waals surface area contributed by atoms with Crippen molar-refractivity contribution < 1.29 is 0 Å². The highest BCUT2D eigenvalue weighted by molar-refractivity contribution is 6.31. The predicted octanol–water partition coefficient (Wildman–Crippen LogP) is 3.28. The average molecular weight is 209 g/mol. The molecule has 74 valence electrons. The highest BCUT2D eigenvalue weighted by atomic mass is 35.5. The highest BCUT2D eigenvalue weighted by Crippen LogP contribution is 2.19. The number of hydrogen-bond donors (Lipinski definition) is 1. The van der Waals surface area contributed by atoms with Crippen LogP contribution in [0.2, 0.25) is 5.02 Å². The molecule has 0 spiro atoms. The third-order valence-electron chi connectivity index (χ3n) is 1.80. The summed E-state index contributed by atoms with van der Waals surface area (Å²) in [6.45, 7) is 5.16. The second kappa shape index (κ2) is 4.88. The van der Waals surface area contributed by atoms with E-state index < -0.39 is 0 Å². The van der Waals surface area contributed by atoms with Gasteiger partial charge < -0.3 is 5.32 Å². The third-order valence-corrected chi connectivity index (χ3v) is 2.13. The molecule has 1 N–H and O–H groups in total. The van der Waals surface area contributed by atoms with Crippen molar-refractivity contribution in [3.63, 3.8) is 0 Å². The van der Waals surface area contributed by atoms with Gasteiger partial charge in [0, 0.05) is 12.2 Å². The van der Waals surface area contributed by atoms with Crippen molar-refractivity contribution in [2.45, 2.75) is 13.8 Å². The van der Waals surface area contributed by atoms with E-state index in [4.69, 9.17) is 16.9 Å². The van der Waals surface area contributed by atoms with Crippen LogP contribution in [-0.2, 0) is 0 Å². The zero-order chi connectivity index (χ0) is 10.6. The molecule has 0 aliphatic heterocycles. The number of nitrogens with zero attached hydrogens (tertiary/aromatic N) is 1. The van der Waals surface area contributed by atoms with Gasteiger partial charge in [-0.15, -0.1) is 0 Å². The van der Waals surface area contributed by atoms with Crippen molar-refractivity contribution in [2.24, 2.45) is 5.92 Å². The SMILES string of the molecule is CC(C)CNc1ccc(Cl)c(C#N)c1. The number of benzene rings is 1. The van der Waals surface area contributed by atoms with E-state index in [-0.39, 0.29) is 0 Å². The lowest BCUT2D eigenvalue weighted by Crippen LogP contribution is -2.07. The van der Waals surface area contributed by atoms with Crippen LogP contribution in [-0.4, -0.2) is 6.54 Å². The maximum atomic E-state index is 8.76. The van der Waals surface area contributed by atoms with Gasteiger partial charge in [0.25, 0.3) is 0 Å². The highest BCUT2D eigenvalue weighted by Gasteiger charge is 2.01. The van der Waals surface area contributed by atoms with E-state index in [1.54, 1.807) is 12.1 Å². The molecule has 0 aliphatic carbocycles. The molecule has 0 saturated carbocycles. The van der Waals surface area contributed by atoms with Gasteiger partial charge in [0.15, 0.2) is 0 Å². The summed E-state index contributed by atoms with van der Waals surface area (Å²) in [5.74, 6) is 0.580. The Bertz CT molecular complexity index is 353. The average Bonchev–Trinajstić information content (AvgIpc) is 2.16. The maximum absolute atomic E-state index is 8.76. The minimum absolute atomic E-state index is 0.502. The molecule has 0 unspecified atom stereocenters. The van der Waals surface area contributed by atoms with E-state index in [0.29, 0.717) is 16.5 Å². The molecule has 0 aromatic heterocycles. The van der Waals surface area contributed by atoms with Gasteiger partial charge >= 0.3 is 0 Å². The summed E-state index contributed by atoms with van der Waals surface area (Å²) in [4.78, 5) is 0. The van der Waals surface area contributed by atoms with E-state index in [0.717, 1.165) is 12.2 Å². The summed E-state index contributed by atoms with van der Waals surface area (Å²) < 4.78 is 0. The van der Waals surface area contributed by atoms with Gasteiger partial charge in [-0.3, -0.25) is 0 Å². The Hall–Kier alpha value is -1.20. The summed E-state index contributed by atoms with van der Waals surface area (Å²) in [6.07, 6.45) is 0. The lowest BCUT2D eigenvalue weighted by atomic mass is 10.2. The van der Waals surface area contributed by atoms with Gasteiger partial charge in [-0.1, -0.05) is 25.4 Å². The van der Waals surface area contributed by atoms with Crippen molar-refractivity contribution in [1.29, 1.82) is 5.26 Å². The number of nitriles is 1. The first kappa shape index (κ1) is 10.9. The van der Waals surface area contributed by atoms with Crippen molar-refractivity contribution in [3.8, 4) is 6.07 Å². The minimum Gasteiger partial charge on any atom is -0.385 e. The molecule has 3 heteroatoms. The van der Waals surface area contributed by atoms with Crippen LogP contribution >= 0.6 is 11.6 Å². The summed E-state index contributed by atoms with van der Waals surface area (Å²) in [7, 11) is 0. The first-order valence-electron chi connectivity index (χ1n) is 4.57. The van der Waals surface area contributed by atoms with E-state index in [1.807, 2.05) is 6.07 Å². The lowest BCUT2D eigenvalue weighted by Gasteiger charge is -2.09. The molecule has 0 saturated heterocycles. The zero-order valence-corrected chi connectivity index (χ0v) is 9.10. The van der Waals surface area contributed by atoms with Gasteiger partial charge in [0.2, 0.25) is 0 Å².